The van der Waals surface area contributed by atoms with E-state index in [-0.39, 0.29) is 94.8 Å². The Morgan fingerprint density at radius 1 is 0.618 bits per heavy atom. The van der Waals surface area contributed by atoms with Crippen LogP contribution < -0.4 is 0 Å². The lowest BCUT2D eigenvalue weighted by molar-refractivity contribution is -0.150. The van der Waals surface area contributed by atoms with E-state index in [1.807, 2.05) is 13.8 Å². The third-order valence-electron chi connectivity index (χ3n) is 16.3. The molecule has 0 bridgehead atoms. The van der Waals surface area contributed by atoms with E-state index in [0.717, 1.165) is 51.4 Å². The van der Waals surface area contributed by atoms with E-state index in [4.69, 9.17) is 18.9 Å². The molecule has 0 unspecified atom stereocenters. The van der Waals surface area contributed by atoms with Gasteiger partial charge in [0.15, 0.2) is 0 Å². The predicted molar refractivity (Wildman–Crippen MR) is 203 cm³/mol. The van der Waals surface area contributed by atoms with Gasteiger partial charge >= 0.3 is 17.9 Å². The van der Waals surface area contributed by atoms with Gasteiger partial charge in [0, 0.05) is 52.2 Å². The molecule has 55 heavy (non-hydrogen) atoms. The van der Waals surface area contributed by atoms with Crippen LogP contribution in [0.25, 0.3) is 0 Å². The van der Waals surface area contributed by atoms with Gasteiger partial charge in [-0.15, -0.1) is 0 Å². The smallest absolute Gasteiger partial charge is 0.334 e. The Hall–Kier alpha value is -3.05. The number of ether oxygens (including phenoxy) is 4. The molecule has 9 fully saturated rings. The first-order valence-corrected chi connectivity index (χ1v) is 20.5. The van der Waals surface area contributed by atoms with E-state index in [9.17, 15) is 29.7 Å². The first-order chi connectivity index (χ1) is 25.6. The molecule has 10 heteroatoms. The zero-order valence-electron chi connectivity index (χ0n) is 33.2. The molecule has 0 aromatic heterocycles. The number of epoxide rings is 1. The standard InChI is InChI=1S/C15H22O4.C15H18O3.C15H20O3/c1-8-9-4-6-14(2,17)10-5-7-15(3,18)11(10)12(9)19-13(8)16;1-8-4-7-15-11(8)12-10(9(2)13(16)17-12)5-6-14(15,3)18-15;1-8-4-5-11-9(2)14(16)18-13(11)12-10(8)6-7-15(12,3)17/h9-12,17-18H,1,4-7H2,2-3H3;4,10-12H,2,5-7H2,1,3H3;10-13,17H,1-2,4-7H2,3H3/t9-,10+,11-,12-,14+,15+;10-,11+,12-,14-,15+;10-,11-,12-,13-,15+/m000/s1. The minimum Gasteiger partial charge on any atom is -0.458 e. The molecule has 0 aromatic carbocycles. The largest absolute Gasteiger partial charge is 0.458 e. The third kappa shape index (κ3) is 5.81. The summed E-state index contributed by atoms with van der Waals surface area (Å²) in [5.41, 5.74) is 1.71. The average molecular weight is 761 g/mol. The maximum atomic E-state index is 11.8. The van der Waals surface area contributed by atoms with Gasteiger partial charge in [0.2, 0.25) is 0 Å². The summed E-state index contributed by atoms with van der Waals surface area (Å²) in [7, 11) is 0. The summed E-state index contributed by atoms with van der Waals surface area (Å²) in [5, 5.41) is 31.9. The Balaban J connectivity index is 0.000000117. The molecule has 0 radical (unpaired) electrons. The number of carbonyl (C=O) groups excluding carboxylic acids is 3. The Bertz CT molecular complexity index is 1780. The van der Waals surface area contributed by atoms with Crippen molar-refractivity contribution in [1.82, 2.24) is 0 Å². The van der Waals surface area contributed by atoms with Crippen LogP contribution in [0.1, 0.15) is 105 Å². The topological polar surface area (TPSA) is 152 Å². The molecule has 1 spiro atoms. The number of allylic oxidation sites excluding steroid dienone is 1. The van der Waals surface area contributed by atoms with Gasteiger partial charge in [-0.2, -0.15) is 0 Å². The molecule has 10 nitrogen and oxygen atoms in total. The van der Waals surface area contributed by atoms with Gasteiger partial charge < -0.3 is 34.3 Å². The number of fused-ring (bicyclic) bond motifs is 8. The molecule has 4 heterocycles. The van der Waals surface area contributed by atoms with Crippen molar-refractivity contribution >= 4 is 17.9 Å². The maximum Gasteiger partial charge on any atom is 0.334 e. The molecular formula is C45H60O10. The second-order valence-electron chi connectivity index (χ2n) is 19.5. The zero-order valence-corrected chi connectivity index (χ0v) is 33.2. The van der Waals surface area contributed by atoms with Gasteiger partial charge in [-0.3, -0.25) is 0 Å². The third-order valence-corrected chi connectivity index (χ3v) is 16.3. The first-order valence-electron chi connectivity index (χ1n) is 20.5. The molecule has 3 N–H and O–H groups in total. The van der Waals surface area contributed by atoms with Gasteiger partial charge in [-0.1, -0.05) is 43.5 Å². The molecule has 10 aliphatic rings. The summed E-state index contributed by atoms with van der Waals surface area (Å²) in [6.45, 7) is 25.6. The fraction of sp³-hybridized carbons (Fsp3) is 0.711. The van der Waals surface area contributed by atoms with Crippen LogP contribution in [0.4, 0.5) is 0 Å². The second-order valence-corrected chi connectivity index (χ2v) is 19.5. The van der Waals surface area contributed by atoms with Gasteiger partial charge in [-0.05, 0) is 117 Å². The maximum absolute atomic E-state index is 11.8. The van der Waals surface area contributed by atoms with Crippen LogP contribution in [0, 0.1) is 47.3 Å². The van der Waals surface area contributed by atoms with E-state index in [0.29, 0.717) is 36.0 Å². The minimum atomic E-state index is -0.882. The SMILES string of the molecule is C=C1C(=O)O[C@@H]2[C@@H]3[C@@H](CC[C@@]3(C)O)C(=C)CC[C@@H]12.C=C1C(=O)O[C@@H]2[C@@H]3[C@@H](CC[C@@]3(C)O)[C@](C)(O)CC[C@@H]12.C=C1C(=O)O[C@@H]2[C@H]3C(C)=CC[C@@]34O[C@@]4(C)CC[C@@H]12. The van der Waals surface area contributed by atoms with Crippen molar-refractivity contribution in [3.63, 3.8) is 0 Å². The molecule has 4 aliphatic heterocycles. The fourth-order valence-corrected chi connectivity index (χ4v) is 13.0. The lowest BCUT2D eigenvalue weighted by Gasteiger charge is -2.37. The summed E-state index contributed by atoms with van der Waals surface area (Å²) in [5.74, 6) is -0.329. The second kappa shape index (κ2) is 12.7. The molecule has 5 saturated carbocycles. The summed E-state index contributed by atoms with van der Waals surface area (Å²) in [4.78, 5) is 35.2. The molecule has 0 aromatic rings. The lowest BCUT2D eigenvalue weighted by Crippen LogP contribution is -2.46. The summed E-state index contributed by atoms with van der Waals surface area (Å²) in [6.07, 6.45) is 10.8. The monoisotopic (exact) mass is 760 g/mol. The normalized spacial score (nSPS) is 51.4. The number of esters is 3. The predicted octanol–water partition coefficient (Wildman–Crippen LogP) is 5.99. The minimum absolute atomic E-state index is 0.0132. The van der Waals surface area contributed by atoms with Crippen molar-refractivity contribution in [3.05, 3.63) is 60.3 Å². The Morgan fingerprint density at radius 2 is 1.09 bits per heavy atom. The molecule has 4 saturated heterocycles. The van der Waals surface area contributed by atoms with Gasteiger partial charge in [0.05, 0.1) is 22.4 Å². The van der Waals surface area contributed by atoms with Crippen LogP contribution in [0.5, 0.6) is 0 Å². The highest BCUT2D eigenvalue weighted by Gasteiger charge is 2.75. The Kier molecular flexibility index (Phi) is 8.98. The fourth-order valence-electron chi connectivity index (χ4n) is 13.0. The highest BCUT2D eigenvalue weighted by Crippen LogP contribution is 2.67. The Morgan fingerprint density at radius 3 is 1.73 bits per heavy atom. The molecular weight excluding hydrogens is 700 g/mol. The quantitative estimate of drug-likeness (QED) is 0.0883. The summed E-state index contributed by atoms with van der Waals surface area (Å²) < 4.78 is 22.8. The van der Waals surface area contributed by atoms with E-state index >= 15 is 0 Å². The number of rotatable bonds is 0. The van der Waals surface area contributed by atoms with E-state index in [1.165, 1.54) is 11.1 Å². The number of hydrogen-bond donors (Lipinski definition) is 3. The van der Waals surface area contributed by atoms with Gasteiger partial charge in [0.1, 0.15) is 23.9 Å². The van der Waals surface area contributed by atoms with Crippen molar-refractivity contribution in [2.75, 3.05) is 0 Å². The highest BCUT2D eigenvalue weighted by atomic mass is 16.6. The van der Waals surface area contributed by atoms with Crippen molar-refractivity contribution in [1.29, 1.82) is 0 Å². The van der Waals surface area contributed by atoms with E-state index < -0.39 is 16.8 Å². The van der Waals surface area contributed by atoms with Crippen LogP contribution in [0.3, 0.4) is 0 Å². The van der Waals surface area contributed by atoms with Crippen LogP contribution in [0.15, 0.2) is 60.3 Å². The summed E-state index contributed by atoms with van der Waals surface area (Å²) in [6, 6.07) is 0. The Labute approximate surface area is 325 Å². The van der Waals surface area contributed by atoms with Crippen LogP contribution >= 0.6 is 0 Å². The molecule has 6 aliphatic carbocycles. The highest BCUT2D eigenvalue weighted by molar-refractivity contribution is 5.92. The van der Waals surface area contributed by atoms with Crippen molar-refractivity contribution < 1.29 is 48.7 Å². The van der Waals surface area contributed by atoms with Crippen LogP contribution in [-0.4, -0.2) is 79.5 Å². The van der Waals surface area contributed by atoms with Crippen LogP contribution in [0.2, 0.25) is 0 Å². The zero-order chi connectivity index (χ0) is 39.8. The first kappa shape index (κ1) is 38.8. The van der Waals surface area contributed by atoms with Gasteiger partial charge in [-0.25, -0.2) is 14.4 Å². The van der Waals surface area contributed by atoms with Crippen molar-refractivity contribution in [3.8, 4) is 0 Å². The van der Waals surface area contributed by atoms with Crippen molar-refractivity contribution in [2.45, 2.75) is 152 Å². The molecule has 10 rings (SSSR count). The van der Waals surface area contributed by atoms with E-state index in [2.05, 4.69) is 46.2 Å². The molecule has 300 valence electrons. The summed E-state index contributed by atoms with van der Waals surface area (Å²) >= 11 is 0. The molecule has 16 atom stereocenters. The lowest BCUT2D eigenvalue weighted by atomic mass is 9.74. The average Bonchev–Trinajstić information content (AvgIpc) is 3.58. The van der Waals surface area contributed by atoms with Crippen molar-refractivity contribution in [2.24, 2.45) is 47.3 Å². The van der Waals surface area contributed by atoms with Gasteiger partial charge in [0.25, 0.3) is 0 Å². The van der Waals surface area contributed by atoms with Crippen LogP contribution in [-0.2, 0) is 33.3 Å². The molecule has 0 amide bonds. The number of carbonyl (C=O) groups is 3. The number of hydrogen-bond acceptors (Lipinski definition) is 10. The van der Waals surface area contributed by atoms with E-state index in [1.54, 1.807) is 6.92 Å². The number of aliphatic hydroxyl groups is 3.